The van der Waals surface area contributed by atoms with Crippen molar-refractivity contribution in [2.45, 2.75) is 19.0 Å². The standard InChI is InChI=1S/C11H16N8O2S/c1-3-22-11(13)16-5(2)7(12)9(20)18-8-6(4-15-19-14)17-10(8)21/h6,8,12H,2-4H2,1H3,(H2,13,16)(H,17,21)(H,18,20). The maximum atomic E-state index is 11.9. The lowest BCUT2D eigenvalue weighted by Gasteiger charge is -2.36. The molecular formula is C11H16N8O2S. The highest BCUT2D eigenvalue weighted by atomic mass is 32.2. The second-order valence-electron chi connectivity index (χ2n) is 4.18. The van der Waals surface area contributed by atoms with Gasteiger partial charge in [-0.3, -0.25) is 15.0 Å². The topological polar surface area (TPSA) is 169 Å². The fourth-order valence-electron chi connectivity index (χ4n) is 1.60. The highest BCUT2D eigenvalue weighted by molar-refractivity contribution is 8.13. The molecule has 1 fully saturated rings. The molecule has 0 aromatic heterocycles. The summed E-state index contributed by atoms with van der Waals surface area (Å²) in [5.74, 6) is -0.505. The van der Waals surface area contributed by atoms with Gasteiger partial charge >= 0.3 is 0 Å². The van der Waals surface area contributed by atoms with Crippen molar-refractivity contribution in [2.24, 2.45) is 15.8 Å². The first-order valence-corrected chi connectivity index (χ1v) is 7.26. The van der Waals surface area contributed by atoms with Crippen molar-refractivity contribution in [1.29, 1.82) is 5.41 Å². The molecule has 1 aliphatic rings. The average Bonchev–Trinajstić information content (AvgIpc) is 2.47. The second kappa shape index (κ2) is 8.05. The Morgan fingerprint density at radius 1 is 1.68 bits per heavy atom. The summed E-state index contributed by atoms with van der Waals surface area (Å²) >= 11 is 1.26. The lowest BCUT2D eigenvalue weighted by molar-refractivity contribution is -0.134. The van der Waals surface area contributed by atoms with Gasteiger partial charge in [0.2, 0.25) is 5.91 Å². The number of amides is 2. The van der Waals surface area contributed by atoms with Gasteiger partial charge in [-0.1, -0.05) is 30.4 Å². The maximum absolute atomic E-state index is 11.9. The molecule has 1 saturated heterocycles. The number of nitrogens with zero attached hydrogens (tertiary/aromatic N) is 4. The number of β-lactam (4-membered cyclic amide) rings is 1. The summed E-state index contributed by atoms with van der Waals surface area (Å²) in [6, 6.07) is -1.34. The molecule has 0 bridgehead atoms. The quantitative estimate of drug-likeness (QED) is 0.128. The van der Waals surface area contributed by atoms with Crippen LogP contribution in [0, 0.1) is 5.41 Å². The summed E-state index contributed by atoms with van der Waals surface area (Å²) in [5.41, 5.74) is 13.2. The van der Waals surface area contributed by atoms with E-state index in [2.05, 4.69) is 32.2 Å². The van der Waals surface area contributed by atoms with Crippen molar-refractivity contribution >= 4 is 34.5 Å². The molecule has 0 spiro atoms. The summed E-state index contributed by atoms with van der Waals surface area (Å²) in [6.07, 6.45) is 0. The third kappa shape index (κ3) is 4.50. The number of hydrogen-bond acceptors (Lipinski definition) is 6. The molecule has 11 heteroatoms. The summed E-state index contributed by atoms with van der Waals surface area (Å²) in [4.78, 5) is 29.7. The molecule has 22 heavy (non-hydrogen) atoms. The molecule has 0 radical (unpaired) electrons. The minimum Gasteiger partial charge on any atom is -0.378 e. The van der Waals surface area contributed by atoms with Gasteiger partial charge in [-0.25, -0.2) is 4.99 Å². The Kier molecular flexibility index (Phi) is 6.42. The Morgan fingerprint density at radius 2 is 2.36 bits per heavy atom. The molecule has 2 amide bonds. The van der Waals surface area contributed by atoms with Crippen LogP contribution in [0.2, 0.25) is 0 Å². The zero-order valence-electron chi connectivity index (χ0n) is 11.9. The molecule has 5 N–H and O–H groups in total. The monoisotopic (exact) mass is 324 g/mol. The number of nitrogens with two attached hydrogens (primary N) is 1. The van der Waals surface area contributed by atoms with E-state index in [-0.39, 0.29) is 17.4 Å². The molecule has 0 saturated carbocycles. The van der Waals surface area contributed by atoms with Gasteiger partial charge in [0.15, 0.2) is 5.17 Å². The predicted molar refractivity (Wildman–Crippen MR) is 84.5 cm³/mol. The van der Waals surface area contributed by atoms with Crippen LogP contribution >= 0.6 is 11.8 Å². The molecule has 1 heterocycles. The molecule has 1 rings (SSSR count). The van der Waals surface area contributed by atoms with E-state index in [1.54, 1.807) is 0 Å². The van der Waals surface area contributed by atoms with Crippen LogP contribution < -0.4 is 16.4 Å². The Hall–Kier alpha value is -2.52. The van der Waals surface area contributed by atoms with E-state index in [9.17, 15) is 9.59 Å². The summed E-state index contributed by atoms with van der Waals surface area (Å²) < 4.78 is 0. The number of thioether (sulfide) groups is 1. The summed E-state index contributed by atoms with van der Waals surface area (Å²) in [7, 11) is 0. The van der Waals surface area contributed by atoms with Crippen LogP contribution in [0.25, 0.3) is 10.4 Å². The molecule has 0 aromatic rings. The van der Waals surface area contributed by atoms with Crippen LogP contribution in [0.4, 0.5) is 0 Å². The van der Waals surface area contributed by atoms with Crippen LogP contribution in [0.5, 0.6) is 0 Å². The fourth-order valence-corrected chi connectivity index (χ4v) is 2.07. The number of rotatable bonds is 7. The number of carbonyl (C=O) groups excluding carboxylic acids is 2. The van der Waals surface area contributed by atoms with Gasteiger partial charge in [0.25, 0.3) is 5.91 Å². The van der Waals surface area contributed by atoms with Crippen molar-refractivity contribution in [2.75, 3.05) is 12.3 Å². The SMILES string of the molecule is C=C(/N=C(/N)SCC)C(=N)C(=O)NC1C(=O)NC1CN=[N+]=[N-]. The summed E-state index contributed by atoms with van der Waals surface area (Å²) in [5, 5.41) is 16.1. The third-order valence-electron chi connectivity index (χ3n) is 2.69. The first kappa shape index (κ1) is 17.5. The first-order valence-electron chi connectivity index (χ1n) is 6.27. The van der Waals surface area contributed by atoms with Crippen LogP contribution in [-0.2, 0) is 9.59 Å². The molecule has 118 valence electrons. The molecule has 2 atom stereocenters. The van der Waals surface area contributed by atoms with Crippen molar-refractivity contribution in [3.8, 4) is 0 Å². The van der Waals surface area contributed by atoms with Gasteiger partial charge in [-0.2, -0.15) is 0 Å². The van der Waals surface area contributed by atoms with E-state index in [4.69, 9.17) is 16.7 Å². The fraction of sp³-hybridized carbons (Fsp3) is 0.455. The number of aliphatic imine (C=N–C) groups is 1. The largest absolute Gasteiger partial charge is 0.378 e. The Bertz CT molecular complexity index is 581. The molecule has 0 aliphatic carbocycles. The zero-order chi connectivity index (χ0) is 16.7. The smallest absolute Gasteiger partial charge is 0.272 e. The Labute approximate surface area is 130 Å². The highest BCUT2D eigenvalue weighted by Crippen LogP contribution is 2.08. The molecule has 2 unspecified atom stereocenters. The number of nitrogens with one attached hydrogen (secondary N) is 3. The maximum Gasteiger partial charge on any atom is 0.272 e. The first-order chi connectivity index (χ1) is 10.4. The molecule has 10 nitrogen and oxygen atoms in total. The second-order valence-corrected chi connectivity index (χ2v) is 5.47. The number of amidine groups is 1. The van der Waals surface area contributed by atoms with Gasteiger partial charge < -0.3 is 16.4 Å². The van der Waals surface area contributed by atoms with E-state index < -0.39 is 29.6 Å². The van der Waals surface area contributed by atoms with E-state index >= 15 is 0 Å². The minimum atomic E-state index is -0.850. The lowest BCUT2D eigenvalue weighted by Crippen LogP contribution is -2.70. The van der Waals surface area contributed by atoms with Gasteiger partial charge in [0, 0.05) is 11.5 Å². The molecule has 0 aromatic carbocycles. The number of carbonyl (C=O) groups is 2. The van der Waals surface area contributed by atoms with Crippen molar-refractivity contribution in [3.05, 3.63) is 22.7 Å². The van der Waals surface area contributed by atoms with E-state index in [0.29, 0.717) is 5.75 Å². The Morgan fingerprint density at radius 3 is 2.91 bits per heavy atom. The average molecular weight is 324 g/mol. The minimum absolute atomic E-state index is 0.0136. The summed E-state index contributed by atoms with van der Waals surface area (Å²) in [6.45, 7) is 5.40. The van der Waals surface area contributed by atoms with Crippen LogP contribution in [0.3, 0.4) is 0 Å². The van der Waals surface area contributed by atoms with Crippen LogP contribution in [0.15, 0.2) is 22.4 Å². The Balaban J connectivity index is 2.62. The number of azide groups is 1. The zero-order valence-corrected chi connectivity index (χ0v) is 12.7. The molecular weight excluding hydrogens is 308 g/mol. The van der Waals surface area contributed by atoms with Gasteiger partial charge in [-0.05, 0) is 11.3 Å². The van der Waals surface area contributed by atoms with Gasteiger partial charge in [-0.15, -0.1) is 0 Å². The van der Waals surface area contributed by atoms with Crippen molar-refractivity contribution in [1.82, 2.24) is 10.6 Å². The van der Waals surface area contributed by atoms with E-state index in [1.165, 1.54) is 11.8 Å². The van der Waals surface area contributed by atoms with Crippen LogP contribution in [-0.4, -0.2) is 47.1 Å². The predicted octanol–water partition coefficient (Wildman–Crippen LogP) is -0.119. The van der Waals surface area contributed by atoms with E-state index in [0.717, 1.165) is 0 Å². The van der Waals surface area contributed by atoms with Crippen LogP contribution in [0.1, 0.15) is 6.92 Å². The highest BCUT2D eigenvalue weighted by Gasteiger charge is 2.40. The number of hydrogen-bond donors (Lipinski definition) is 4. The van der Waals surface area contributed by atoms with Crippen molar-refractivity contribution in [3.63, 3.8) is 0 Å². The third-order valence-corrected chi connectivity index (χ3v) is 3.37. The van der Waals surface area contributed by atoms with Gasteiger partial charge in [0.05, 0.1) is 11.7 Å². The van der Waals surface area contributed by atoms with Crippen molar-refractivity contribution < 1.29 is 9.59 Å². The van der Waals surface area contributed by atoms with Gasteiger partial charge in [0.1, 0.15) is 11.8 Å². The lowest BCUT2D eigenvalue weighted by atomic mass is 9.99. The normalized spacial score (nSPS) is 20.2. The molecule has 1 aliphatic heterocycles. The van der Waals surface area contributed by atoms with E-state index in [1.807, 2.05) is 6.92 Å².